The molecule has 0 rings (SSSR count). The number of esters is 1. The molecule has 0 fully saturated rings. The number of ether oxygens (including phenoxy) is 2. The Balaban J connectivity index is 4.22. The van der Waals surface area contributed by atoms with Gasteiger partial charge in [0.2, 0.25) is 0 Å². The maximum Gasteiger partial charge on any atom is 0.472 e. The highest BCUT2D eigenvalue weighted by Crippen LogP contribution is 2.43. The fraction of sp³-hybridized carbons (Fsp3) is 0.812. The standard InChI is InChI=1S/C48H90NO7P/c1-6-8-10-12-14-16-18-20-22-24-25-26-27-29-31-33-35-37-39-41-48(50)56-47(46-55-57(51,52)54-44-42-49(3,4)5)45-53-43-40-38-36-34-32-30-28-23-21-19-17-15-13-11-9-7-2/h8,10,14,16,20,22,25-26,47H,6-7,9,11-13,15,17-19,21,23-24,27-46H2,1-5H3/p+1/b10-8-,16-14-,22-20-,26-25-. The van der Waals surface area contributed by atoms with Crippen molar-refractivity contribution < 1.29 is 37.3 Å². The highest BCUT2D eigenvalue weighted by atomic mass is 31.2. The van der Waals surface area contributed by atoms with E-state index in [0.717, 1.165) is 70.6 Å². The molecule has 334 valence electrons. The van der Waals surface area contributed by atoms with Crippen LogP contribution < -0.4 is 0 Å². The predicted octanol–water partition coefficient (Wildman–Crippen LogP) is 13.9. The van der Waals surface area contributed by atoms with Gasteiger partial charge >= 0.3 is 13.8 Å². The molecule has 0 radical (unpaired) electrons. The van der Waals surface area contributed by atoms with Crippen molar-refractivity contribution >= 4 is 13.8 Å². The lowest BCUT2D eigenvalue weighted by Crippen LogP contribution is -2.37. The van der Waals surface area contributed by atoms with Gasteiger partial charge in [-0.1, -0.05) is 184 Å². The topological polar surface area (TPSA) is 91.3 Å². The second-order valence-corrected chi connectivity index (χ2v) is 18.2. The summed E-state index contributed by atoms with van der Waals surface area (Å²) < 4.78 is 35.1. The van der Waals surface area contributed by atoms with Crippen LogP contribution in [0.5, 0.6) is 0 Å². The highest BCUT2D eigenvalue weighted by Gasteiger charge is 2.26. The van der Waals surface area contributed by atoms with Crippen molar-refractivity contribution in [1.82, 2.24) is 0 Å². The van der Waals surface area contributed by atoms with E-state index in [-0.39, 0.29) is 25.8 Å². The van der Waals surface area contributed by atoms with Gasteiger partial charge in [0.25, 0.3) is 0 Å². The number of hydrogen-bond acceptors (Lipinski definition) is 6. The van der Waals surface area contributed by atoms with Crippen LogP contribution in [0.1, 0.15) is 194 Å². The molecule has 57 heavy (non-hydrogen) atoms. The number of hydrogen-bond donors (Lipinski definition) is 1. The third kappa shape index (κ3) is 45.4. The Hall–Kier alpha value is -1.54. The van der Waals surface area contributed by atoms with Crippen LogP contribution in [0.3, 0.4) is 0 Å². The molecule has 1 N–H and O–H groups in total. The van der Waals surface area contributed by atoms with Crippen LogP contribution in [0.25, 0.3) is 0 Å². The normalized spacial score (nSPS) is 14.1. The summed E-state index contributed by atoms with van der Waals surface area (Å²) in [7, 11) is 1.66. The molecule has 8 nitrogen and oxygen atoms in total. The number of phosphoric ester groups is 1. The van der Waals surface area contributed by atoms with Crippen LogP contribution in [0, 0.1) is 0 Å². The number of carbonyl (C=O) groups is 1. The van der Waals surface area contributed by atoms with Gasteiger partial charge in [-0.25, -0.2) is 4.57 Å². The lowest BCUT2D eigenvalue weighted by molar-refractivity contribution is -0.870. The predicted molar refractivity (Wildman–Crippen MR) is 243 cm³/mol. The summed E-state index contributed by atoms with van der Waals surface area (Å²) >= 11 is 0. The zero-order valence-corrected chi connectivity index (χ0v) is 38.7. The van der Waals surface area contributed by atoms with Crippen LogP contribution in [0.15, 0.2) is 48.6 Å². The molecule has 0 aliphatic carbocycles. The van der Waals surface area contributed by atoms with Gasteiger partial charge in [-0.05, 0) is 51.4 Å². The van der Waals surface area contributed by atoms with E-state index in [1.165, 1.54) is 103 Å². The molecule has 0 aromatic rings. The molecule has 0 amide bonds. The molecule has 0 saturated heterocycles. The van der Waals surface area contributed by atoms with Crippen LogP contribution in [0.2, 0.25) is 0 Å². The average Bonchev–Trinajstić information content (AvgIpc) is 3.16. The van der Waals surface area contributed by atoms with Crippen molar-refractivity contribution in [2.75, 3.05) is 54.1 Å². The highest BCUT2D eigenvalue weighted by molar-refractivity contribution is 7.47. The van der Waals surface area contributed by atoms with Crippen molar-refractivity contribution in [1.29, 1.82) is 0 Å². The largest absolute Gasteiger partial charge is 0.472 e. The Morgan fingerprint density at radius 1 is 0.561 bits per heavy atom. The monoisotopic (exact) mass is 825 g/mol. The number of likely N-dealkylation sites (N-methyl/N-ethyl adjacent to an activating group) is 1. The van der Waals surface area contributed by atoms with Crippen molar-refractivity contribution in [3.05, 3.63) is 48.6 Å². The smallest absolute Gasteiger partial charge is 0.457 e. The van der Waals surface area contributed by atoms with E-state index in [9.17, 15) is 14.3 Å². The Kier molecular flexibility index (Phi) is 40.1. The van der Waals surface area contributed by atoms with Gasteiger partial charge in [0.15, 0.2) is 0 Å². The summed E-state index contributed by atoms with van der Waals surface area (Å²) in [5, 5.41) is 0. The van der Waals surface area contributed by atoms with E-state index in [0.29, 0.717) is 24.1 Å². The first-order chi connectivity index (χ1) is 27.6. The lowest BCUT2D eigenvalue weighted by atomic mass is 10.0. The molecule has 2 atom stereocenters. The number of phosphoric acid groups is 1. The summed E-state index contributed by atoms with van der Waals surface area (Å²) in [5.41, 5.74) is 0. The first-order valence-electron chi connectivity index (χ1n) is 23.4. The van der Waals surface area contributed by atoms with Gasteiger partial charge in [0.05, 0.1) is 34.4 Å². The number of rotatable bonds is 43. The van der Waals surface area contributed by atoms with Gasteiger partial charge in [-0.3, -0.25) is 13.8 Å². The molecular formula is C48H91NO7P+. The lowest BCUT2D eigenvalue weighted by Gasteiger charge is -2.24. The summed E-state index contributed by atoms with van der Waals surface area (Å²) in [6.07, 6.45) is 50.0. The second kappa shape index (κ2) is 41.2. The molecule has 0 aliphatic heterocycles. The van der Waals surface area contributed by atoms with Crippen LogP contribution in [-0.4, -0.2) is 75.6 Å². The van der Waals surface area contributed by atoms with Crippen LogP contribution in [0.4, 0.5) is 0 Å². The maximum absolute atomic E-state index is 12.7. The molecule has 0 saturated carbocycles. The fourth-order valence-corrected chi connectivity index (χ4v) is 7.05. The van der Waals surface area contributed by atoms with Crippen molar-refractivity contribution in [2.24, 2.45) is 0 Å². The minimum absolute atomic E-state index is 0.0852. The fourth-order valence-electron chi connectivity index (χ4n) is 6.31. The SMILES string of the molecule is CC/C=C\C/C=C\C/C=C\C/C=C\CCCCCCCCC(=O)OC(COCCCCCCCCCCCCCCCCCC)COP(=O)(O)OCC[N+](C)(C)C. The Morgan fingerprint density at radius 3 is 1.53 bits per heavy atom. The van der Waals surface area contributed by atoms with Gasteiger partial charge in [0, 0.05) is 13.0 Å². The number of allylic oxidation sites excluding steroid dienone is 8. The molecule has 0 aromatic heterocycles. The molecule has 0 aliphatic rings. The number of quaternary nitrogens is 1. The Morgan fingerprint density at radius 2 is 1.02 bits per heavy atom. The average molecular weight is 825 g/mol. The van der Waals surface area contributed by atoms with E-state index in [1.54, 1.807) is 0 Å². The van der Waals surface area contributed by atoms with E-state index >= 15 is 0 Å². The van der Waals surface area contributed by atoms with Crippen molar-refractivity contribution in [3.63, 3.8) is 0 Å². The minimum Gasteiger partial charge on any atom is -0.457 e. The van der Waals surface area contributed by atoms with Gasteiger partial charge in [0.1, 0.15) is 19.3 Å². The van der Waals surface area contributed by atoms with Gasteiger partial charge < -0.3 is 18.9 Å². The third-order valence-electron chi connectivity index (χ3n) is 9.90. The van der Waals surface area contributed by atoms with Crippen molar-refractivity contribution in [2.45, 2.75) is 200 Å². The van der Waals surface area contributed by atoms with E-state index < -0.39 is 13.9 Å². The molecule has 2 unspecified atom stereocenters. The summed E-state index contributed by atoms with van der Waals surface area (Å²) in [4.78, 5) is 22.9. The first-order valence-corrected chi connectivity index (χ1v) is 24.9. The number of carbonyl (C=O) groups excluding carboxylic acids is 1. The minimum atomic E-state index is -4.28. The van der Waals surface area contributed by atoms with E-state index in [1.807, 2.05) is 21.1 Å². The van der Waals surface area contributed by atoms with Gasteiger partial charge in [-0.2, -0.15) is 0 Å². The Bertz CT molecular complexity index is 1050. The maximum atomic E-state index is 12.7. The first kappa shape index (κ1) is 55.5. The number of unbranched alkanes of at least 4 members (excludes halogenated alkanes) is 21. The summed E-state index contributed by atoms with van der Waals surface area (Å²) in [5.74, 6) is -0.326. The van der Waals surface area contributed by atoms with Crippen LogP contribution in [-0.2, 0) is 27.9 Å². The molecule has 0 bridgehead atoms. The van der Waals surface area contributed by atoms with E-state index in [2.05, 4.69) is 62.5 Å². The van der Waals surface area contributed by atoms with Crippen LogP contribution >= 0.6 is 7.82 Å². The molecule has 0 aromatic carbocycles. The Labute approximate surface area is 352 Å². The molecule has 0 spiro atoms. The molecular weight excluding hydrogens is 734 g/mol. The third-order valence-corrected chi connectivity index (χ3v) is 10.9. The van der Waals surface area contributed by atoms with E-state index in [4.69, 9.17) is 18.5 Å². The molecule has 0 heterocycles. The zero-order valence-electron chi connectivity index (χ0n) is 37.8. The number of nitrogens with zero attached hydrogens (tertiary/aromatic N) is 1. The summed E-state index contributed by atoms with van der Waals surface area (Å²) in [6.45, 7) is 5.51. The quantitative estimate of drug-likeness (QED) is 0.0215. The molecule has 9 heteroatoms. The van der Waals surface area contributed by atoms with Crippen molar-refractivity contribution in [3.8, 4) is 0 Å². The zero-order chi connectivity index (χ0) is 42.0. The second-order valence-electron chi connectivity index (χ2n) is 16.8. The summed E-state index contributed by atoms with van der Waals surface area (Å²) in [6, 6.07) is 0. The van der Waals surface area contributed by atoms with Gasteiger partial charge in [-0.15, -0.1) is 0 Å².